The summed E-state index contributed by atoms with van der Waals surface area (Å²) in [5.41, 5.74) is 3.00. The highest BCUT2D eigenvalue weighted by molar-refractivity contribution is 7.90. The molecule has 9 nitrogen and oxygen atoms in total. The molecule has 4 heterocycles. The van der Waals surface area contributed by atoms with Gasteiger partial charge in [0.1, 0.15) is 11.4 Å². The molecule has 0 aromatic heterocycles. The van der Waals surface area contributed by atoms with Crippen LogP contribution in [-0.2, 0) is 26.6 Å². The van der Waals surface area contributed by atoms with Gasteiger partial charge in [-0.05, 0) is 130 Å². The van der Waals surface area contributed by atoms with E-state index in [2.05, 4.69) is 50.6 Å². The van der Waals surface area contributed by atoms with E-state index in [1.165, 1.54) is 36.9 Å². The number of piperazine rings is 1. The summed E-state index contributed by atoms with van der Waals surface area (Å²) < 4.78 is 44.1. The molecule has 3 fully saturated rings. The Kier molecular flexibility index (Phi) is 11.4. The number of carbonyl (C=O) groups is 1. The van der Waals surface area contributed by atoms with Gasteiger partial charge in [0.05, 0.1) is 17.5 Å². The third kappa shape index (κ3) is 7.72. The Morgan fingerprint density at radius 2 is 1.89 bits per heavy atom. The summed E-state index contributed by atoms with van der Waals surface area (Å²) in [6, 6.07) is 12.4. The fourth-order valence-electron chi connectivity index (χ4n) is 11.3. The van der Waals surface area contributed by atoms with Gasteiger partial charge < -0.3 is 14.4 Å². The number of amides is 1. The summed E-state index contributed by atoms with van der Waals surface area (Å²) in [5, 5.41) is 0.0400. The zero-order chi connectivity index (χ0) is 38.4. The molecule has 1 spiro atoms. The average Bonchev–Trinajstić information content (AvgIpc) is 3.29. The van der Waals surface area contributed by atoms with Crippen LogP contribution in [0, 0.1) is 17.8 Å². The third-order valence-electron chi connectivity index (χ3n) is 14.2. The lowest BCUT2D eigenvalue weighted by molar-refractivity contribution is -0.116. The predicted molar refractivity (Wildman–Crippen MR) is 220 cm³/mol. The quantitative estimate of drug-likeness (QED) is 0.318. The lowest BCUT2D eigenvalue weighted by atomic mass is 9.63. The van der Waals surface area contributed by atoms with Crippen LogP contribution in [0.3, 0.4) is 0 Å². The Morgan fingerprint density at radius 1 is 1.02 bits per heavy atom. The van der Waals surface area contributed by atoms with E-state index in [0.29, 0.717) is 43.6 Å². The molecule has 0 radical (unpaired) electrons. The molecule has 300 valence electrons. The molecule has 4 aliphatic heterocycles. The molecule has 2 bridgehead atoms. The zero-order valence-electron chi connectivity index (χ0n) is 33.1. The summed E-state index contributed by atoms with van der Waals surface area (Å²) in [4.78, 5) is 21.6. The second-order valence-corrected chi connectivity index (χ2v) is 19.9. The number of allylic oxidation sites excluding steroid dienone is 1. The van der Waals surface area contributed by atoms with E-state index in [1.807, 2.05) is 32.0 Å². The normalized spacial score (nSPS) is 34.6. The number of hydrogen-bond acceptors (Lipinski definition) is 8. The van der Waals surface area contributed by atoms with E-state index in [9.17, 15) is 13.2 Å². The molecule has 6 aliphatic rings. The van der Waals surface area contributed by atoms with Crippen LogP contribution < -0.4 is 14.4 Å². The largest absolute Gasteiger partial charge is 0.490 e. The van der Waals surface area contributed by atoms with Crippen LogP contribution in [0.1, 0.15) is 100 Å². The van der Waals surface area contributed by atoms with Crippen molar-refractivity contribution in [2.45, 2.75) is 107 Å². The monoisotopic (exact) mass is 792 g/mol. The number of fused-ring (bicyclic) bond motifs is 5. The van der Waals surface area contributed by atoms with Crippen LogP contribution in [0.15, 0.2) is 48.6 Å². The molecule has 2 aliphatic carbocycles. The van der Waals surface area contributed by atoms with Gasteiger partial charge in [0.15, 0.2) is 0 Å². The molecule has 55 heavy (non-hydrogen) atoms. The fraction of sp³-hybridized carbons (Fsp3) is 0.659. The minimum atomic E-state index is -3.96. The van der Waals surface area contributed by atoms with Gasteiger partial charge in [0, 0.05) is 67.9 Å². The topological polar surface area (TPSA) is 91.4 Å². The van der Waals surface area contributed by atoms with Crippen LogP contribution in [0.2, 0.25) is 5.02 Å². The number of sulfonamides is 1. The van der Waals surface area contributed by atoms with Crippen molar-refractivity contribution < 1.29 is 22.7 Å². The summed E-state index contributed by atoms with van der Waals surface area (Å²) in [7, 11) is -3.96. The maximum Gasteiger partial charge on any atom is 0.264 e. The highest BCUT2D eigenvalue weighted by Gasteiger charge is 2.50. The summed E-state index contributed by atoms with van der Waals surface area (Å²) in [6.45, 7) is 13.9. The van der Waals surface area contributed by atoms with Gasteiger partial charge in [-0.3, -0.25) is 14.6 Å². The molecule has 1 saturated carbocycles. The first-order chi connectivity index (χ1) is 26.5. The molecule has 0 unspecified atom stereocenters. The second kappa shape index (κ2) is 16.0. The lowest BCUT2D eigenvalue weighted by Crippen LogP contribution is -2.61. The first-order valence-corrected chi connectivity index (χ1v) is 23.1. The number of carbonyl (C=O) groups excluding carboxylic acids is 1. The van der Waals surface area contributed by atoms with Crippen LogP contribution in [0.5, 0.6) is 5.75 Å². The van der Waals surface area contributed by atoms with Crippen LogP contribution in [0.4, 0.5) is 5.69 Å². The standard InChI is InChI=1S/C44H61ClN4O5S/c1-4-41-31(3)10-8-20-44(54-5-2,29-47-22-23-48-21-7-6-12-36(48)27-47)38-16-13-34(38)26-49-28-43(19-9-11-32-24-35(45)15-17-37(32)43)30-53-40-18-14-33(25-39(40)49)42(50)46-55(41,51)52/h8,14-15,17-18,20,24-25,31,34,36,38,41H,4-7,9-13,16,19,21-23,26-30H2,1-3H3,(H,46,50)/b20-8+/t31-,34-,36+,38+,41+,43-,44-/m0/s1. The van der Waals surface area contributed by atoms with E-state index in [-0.39, 0.29) is 17.3 Å². The molecule has 8 rings (SSSR count). The van der Waals surface area contributed by atoms with Crippen molar-refractivity contribution in [3.8, 4) is 5.75 Å². The number of ether oxygens (including phenoxy) is 2. The molecule has 2 aromatic carbocycles. The van der Waals surface area contributed by atoms with Crippen molar-refractivity contribution in [2.24, 2.45) is 17.8 Å². The summed E-state index contributed by atoms with van der Waals surface area (Å²) in [6.07, 6.45) is 14.6. The zero-order valence-corrected chi connectivity index (χ0v) is 34.7. The van der Waals surface area contributed by atoms with Crippen molar-refractivity contribution in [3.63, 3.8) is 0 Å². The van der Waals surface area contributed by atoms with Gasteiger partial charge in [0.25, 0.3) is 5.91 Å². The number of aryl methyl sites for hydroxylation is 1. The SMILES string of the molecule is CCO[C@]1(CN2CCN3CCCC[C@@H]3C2)/C=C/C[C@H](C)[C@@H](CC)S(=O)(=O)NC(=O)c2ccc3c(c2)N(C[C@@H]2CC[C@H]21)C[C@@]1(CCCc2cc(Cl)ccc21)CO3. The molecule has 2 aromatic rings. The number of nitrogens with one attached hydrogen (secondary N) is 1. The predicted octanol–water partition coefficient (Wildman–Crippen LogP) is 7.22. The van der Waals surface area contributed by atoms with Crippen LogP contribution in [-0.4, -0.2) is 100 Å². The van der Waals surface area contributed by atoms with Crippen molar-refractivity contribution >= 4 is 33.2 Å². The van der Waals surface area contributed by atoms with Crippen molar-refractivity contribution in [2.75, 3.05) is 63.9 Å². The number of anilines is 1. The second-order valence-electron chi connectivity index (χ2n) is 17.6. The number of hydrogen-bond donors (Lipinski definition) is 1. The average molecular weight is 794 g/mol. The van der Waals surface area contributed by atoms with E-state index in [0.717, 1.165) is 87.8 Å². The molecule has 11 heteroatoms. The maximum absolute atomic E-state index is 13.9. The minimum absolute atomic E-state index is 0.192. The number of benzene rings is 2. The first-order valence-electron chi connectivity index (χ1n) is 21.2. The highest BCUT2D eigenvalue weighted by Crippen LogP contribution is 2.49. The van der Waals surface area contributed by atoms with E-state index >= 15 is 0 Å². The van der Waals surface area contributed by atoms with Crippen molar-refractivity contribution in [3.05, 3.63) is 70.3 Å². The molecule has 7 atom stereocenters. The minimum Gasteiger partial charge on any atom is -0.490 e. The molecule has 2 saturated heterocycles. The summed E-state index contributed by atoms with van der Waals surface area (Å²) >= 11 is 6.53. The fourth-order valence-corrected chi connectivity index (χ4v) is 13.2. The number of halogens is 1. The first kappa shape index (κ1) is 39.2. The van der Waals surface area contributed by atoms with E-state index in [1.54, 1.807) is 6.07 Å². The molecule has 1 N–H and O–H groups in total. The van der Waals surface area contributed by atoms with Gasteiger partial charge in [-0.25, -0.2) is 13.1 Å². The maximum atomic E-state index is 13.9. The van der Waals surface area contributed by atoms with Crippen LogP contribution in [0.25, 0.3) is 0 Å². The van der Waals surface area contributed by atoms with Crippen molar-refractivity contribution in [1.29, 1.82) is 0 Å². The Balaban J connectivity index is 1.20. The van der Waals surface area contributed by atoms with Gasteiger partial charge in [0.2, 0.25) is 10.0 Å². The smallest absolute Gasteiger partial charge is 0.264 e. The van der Waals surface area contributed by atoms with Gasteiger partial charge in [-0.2, -0.15) is 0 Å². The van der Waals surface area contributed by atoms with Crippen molar-refractivity contribution in [1.82, 2.24) is 14.5 Å². The third-order valence-corrected chi connectivity index (χ3v) is 16.5. The molecular formula is C44H61ClN4O5S. The number of nitrogens with zero attached hydrogens (tertiary/aromatic N) is 3. The van der Waals surface area contributed by atoms with Gasteiger partial charge >= 0.3 is 0 Å². The van der Waals surface area contributed by atoms with Gasteiger partial charge in [-0.1, -0.05) is 50.1 Å². The Bertz CT molecular complexity index is 1870. The Labute approximate surface area is 334 Å². The molecular weight excluding hydrogens is 732 g/mol. The van der Waals surface area contributed by atoms with E-state index < -0.39 is 26.8 Å². The van der Waals surface area contributed by atoms with Gasteiger partial charge in [-0.15, -0.1) is 0 Å². The Hall–Kier alpha value is -2.63. The van der Waals surface area contributed by atoms with Crippen LogP contribution >= 0.6 is 11.6 Å². The summed E-state index contributed by atoms with van der Waals surface area (Å²) in [5.74, 6) is 0.588. The Morgan fingerprint density at radius 3 is 2.69 bits per heavy atom. The lowest BCUT2D eigenvalue weighted by Gasteiger charge is -2.53. The molecule has 1 amide bonds. The number of rotatable bonds is 5. The number of piperidine rings is 1. The van der Waals surface area contributed by atoms with E-state index in [4.69, 9.17) is 21.1 Å². The highest BCUT2D eigenvalue weighted by atomic mass is 35.5.